The molecule has 1 aromatic heterocycles. The number of hydrogen-bond acceptors (Lipinski definition) is 3. The second-order valence-corrected chi connectivity index (χ2v) is 9.84. The van der Waals surface area contributed by atoms with Crippen LogP contribution in [0, 0.1) is 11.3 Å². The fourth-order valence-corrected chi connectivity index (χ4v) is 5.06. The van der Waals surface area contributed by atoms with E-state index in [1.807, 2.05) is 73.8 Å². The fraction of sp³-hybridized carbons (Fsp3) is 0.194. The Bertz CT molecular complexity index is 1540. The van der Waals surface area contributed by atoms with Crippen molar-refractivity contribution in [2.24, 2.45) is 0 Å². The first kappa shape index (κ1) is 26.1. The van der Waals surface area contributed by atoms with Crippen LogP contribution in [-0.4, -0.2) is 34.5 Å². The number of carbonyl (C=O) groups is 2. The molecular formula is C31H28ClN5O2. The Morgan fingerprint density at radius 3 is 2.51 bits per heavy atom. The Morgan fingerprint density at radius 2 is 1.77 bits per heavy atom. The summed E-state index contributed by atoms with van der Waals surface area (Å²) in [6, 6.07) is 27.3. The molecule has 1 N–H and O–H groups in total. The van der Waals surface area contributed by atoms with Crippen molar-refractivity contribution < 1.29 is 9.59 Å². The smallest absolute Gasteiger partial charge is 0.316 e. The van der Waals surface area contributed by atoms with Gasteiger partial charge >= 0.3 is 6.03 Å². The molecule has 0 unspecified atom stereocenters. The van der Waals surface area contributed by atoms with Gasteiger partial charge in [-0.15, -0.1) is 0 Å². The summed E-state index contributed by atoms with van der Waals surface area (Å²) in [4.78, 5) is 30.9. The third-order valence-corrected chi connectivity index (χ3v) is 7.06. The third kappa shape index (κ3) is 5.38. The number of rotatable bonds is 7. The summed E-state index contributed by atoms with van der Waals surface area (Å²) in [7, 11) is 0. The number of nitriles is 1. The monoisotopic (exact) mass is 537 g/mol. The molecule has 0 bridgehead atoms. The fourth-order valence-electron chi connectivity index (χ4n) is 4.93. The summed E-state index contributed by atoms with van der Waals surface area (Å²) in [6.45, 7) is 2.35. The lowest BCUT2D eigenvalue weighted by Gasteiger charge is -2.39. The Morgan fingerprint density at radius 1 is 1.00 bits per heavy atom. The van der Waals surface area contributed by atoms with Crippen LogP contribution in [0.15, 0.2) is 91.1 Å². The number of hydrogen-bond donors (Lipinski definition) is 1. The molecule has 196 valence electrons. The molecule has 0 radical (unpaired) electrons. The molecule has 1 aliphatic heterocycles. The van der Waals surface area contributed by atoms with Crippen LogP contribution in [0.25, 0.3) is 5.69 Å². The topological polar surface area (TPSA) is 81.4 Å². The van der Waals surface area contributed by atoms with Crippen LogP contribution in [0.3, 0.4) is 0 Å². The molecule has 8 heteroatoms. The van der Waals surface area contributed by atoms with Crippen LogP contribution in [0.4, 0.5) is 16.2 Å². The van der Waals surface area contributed by atoms with Gasteiger partial charge in [-0.05, 0) is 66.6 Å². The minimum absolute atomic E-state index is 0.108. The number of nitrogens with one attached hydrogen (secondary N) is 1. The van der Waals surface area contributed by atoms with Crippen LogP contribution < -0.4 is 10.2 Å². The van der Waals surface area contributed by atoms with Crippen LogP contribution >= 0.6 is 11.6 Å². The highest BCUT2D eigenvalue weighted by molar-refractivity contribution is 6.30. The molecule has 0 spiro atoms. The lowest BCUT2D eigenvalue weighted by atomic mass is 9.97. The molecule has 1 aliphatic rings. The summed E-state index contributed by atoms with van der Waals surface area (Å²) in [6.07, 6.45) is 3.61. The highest BCUT2D eigenvalue weighted by Crippen LogP contribution is 2.42. The summed E-state index contributed by atoms with van der Waals surface area (Å²) in [5, 5.41) is 12.7. The van der Waals surface area contributed by atoms with Crippen LogP contribution in [-0.2, 0) is 4.79 Å². The second-order valence-electron chi connectivity index (χ2n) is 9.41. The highest BCUT2D eigenvalue weighted by Gasteiger charge is 2.37. The van der Waals surface area contributed by atoms with E-state index >= 15 is 0 Å². The lowest BCUT2D eigenvalue weighted by molar-refractivity contribution is -0.119. The van der Waals surface area contributed by atoms with E-state index in [9.17, 15) is 14.9 Å². The predicted molar refractivity (Wildman–Crippen MR) is 153 cm³/mol. The molecule has 3 amide bonds. The minimum Gasteiger partial charge on any atom is -0.316 e. The predicted octanol–water partition coefficient (Wildman–Crippen LogP) is 6.77. The molecule has 39 heavy (non-hydrogen) atoms. The number of carbonyl (C=O) groups excluding carboxylic acids is 2. The molecule has 7 nitrogen and oxygen atoms in total. The van der Waals surface area contributed by atoms with Gasteiger partial charge in [-0.25, -0.2) is 4.79 Å². The maximum Gasteiger partial charge on any atom is 0.322 e. The Labute approximate surface area is 232 Å². The molecule has 3 aromatic carbocycles. The number of unbranched alkanes of at least 4 members (excludes halogenated alkanes) is 1. The zero-order valence-electron chi connectivity index (χ0n) is 21.5. The minimum atomic E-state index is -0.400. The molecule has 0 saturated carbocycles. The highest BCUT2D eigenvalue weighted by atomic mass is 35.5. The van der Waals surface area contributed by atoms with Crippen molar-refractivity contribution in [3.05, 3.63) is 113 Å². The van der Waals surface area contributed by atoms with Crippen molar-refractivity contribution in [3.8, 4) is 11.8 Å². The standard InChI is InChI=1S/C31H28ClN5O2/c1-2-3-17-35(31(39)34-25-9-6-8-22(19-25)20-33)21-29(38)37-27-11-5-4-10-26(27)36-18-7-12-28(36)30(37)23-13-15-24(32)16-14-23/h4-16,18-19,30H,2-3,17,21H2,1H3,(H,34,39)/t30-/m0/s1. The van der Waals surface area contributed by atoms with Crippen molar-refractivity contribution in [1.29, 1.82) is 5.26 Å². The van der Waals surface area contributed by atoms with Gasteiger partial charge in [0.2, 0.25) is 5.91 Å². The van der Waals surface area contributed by atoms with E-state index in [0.717, 1.165) is 35.5 Å². The van der Waals surface area contributed by atoms with E-state index in [-0.39, 0.29) is 18.5 Å². The number of halogens is 1. The first-order valence-corrected chi connectivity index (χ1v) is 13.3. The quantitative estimate of drug-likeness (QED) is 0.282. The van der Waals surface area contributed by atoms with Crippen LogP contribution in [0.2, 0.25) is 5.02 Å². The number of urea groups is 1. The maximum atomic E-state index is 14.2. The van der Waals surface area contributed by atoms with Gasteiger partial charge in [0.1, 0.15) is 12.6 Å². The number of anilines is 2. The molecule has 1 atom stereocenters. The molecule has 2 heterocycles. The normalized spacial score (nSPS) is 13.7. The Hall–Kier alpha value is -4.54. The number of benzene rings is 3. The molecule has 4 aromatic rings. The van der Waals surface area contributed by atoms with E-state index in [2.05, 4.69) is 16.0 Å². The van der Waals surface area contributed by atoms with E-state index in [0.29, 0.717) is 22.8 Å². The van der Waals surface area contributed by atoms with Gasteiger partial charge in [-0.2, -0.15) is 5.26 Å². The SMILES string of the molecule is CCCCN(CC(=O)N1c2ccccc2-n2cccc2[C@@H]1c1ccc(Cl)cc1)C(=O)Nc1cccc(C#N)c1. The average molecular weight is 538 g/mol. The zero-order valence-corrected chi connectivity index (χ0v) is 22.3. The Balaban J connectivity index is 1.49. The second kappa shape index (κ2) is 11.5. The number of aromatic nitrogens is 1. The third-order valence-electron chi connectivity index (χ3n) is 6.81. The largest absolute Gasteiger partial charge is 0.322 e. The molecule has 0 fully saturated rings. The van der Waals surface area contributed by atoms with Crippen molar-refractivity contribution in [1.82, 2.24) is 9.47 Å². The summed E-state index contributed by atoms with van der Waals surface area (Å²) < 4.78 is 2.10. The van der Waals surface area contributed by atoms with Crippen molar-refractivity contribution in [3.63, 3.8) is 0 Å². The number of fused-ring (bicyclic) bond motifs is 3. The molecule has 0 aliphatic carbocycles. The van der Waals surface area contributed by atoms with Gasteiger partial charge in [-0.3, -0.25) is 9.69 Å². The van der Waals surface area contributed by atoms with Crippen LogP contribution in [0.5, 0.6) is 0 Å². The van der Waals surface area contributed by atoms with E-state index < -0.39 is 6.04 Å². The van der Waals surface area contributed by atoms with E-state index in [1.165, 1.54) is 0 Å². The molecule has 0 saturated heterocycles. The molecular weight excluding hydrogens is 510 g/mol. The molecule has 5 rings (SSSR count). The summed E-state index contributed by atoms with van der Waals surface area (Å²) in [5.41, 5.74) is 4.48. The number of nitrogens with zero attached hydrogens (tertiary/aromatic N) is 4. The maximum absolute atomic E-state index is 14.2. The van der Waals surface area contributed by atoms with E-state index in [4.69, 9.17) is 11.6 Å². The van der Waals surface area contributed by atoms with Crippen molar-refractivity contribution in [2.45, 2.75) is 25.8 Å². The summed E-state index contributed by atoms with van der Waals surface area (Å²) >= 11 is 6.19. The van der Waals surface area contributed by atoms with Crippen molar-refractivity contribution >= 4 is 34.9 Å². The number of amides is 3. The average Bonchev–Trinajstić information content (AvgIpc) is 3.45. The van der Waals surface area contributed by atoms with Gasteiger partial charge < -0.3 is 14.8 Å². The first-order chi connectivity index (χ1) is 19.0. The van der Waals surface area contributed by atoms with Crippen LogP contribution in [0.1, 0.15) is 42.6 Å². The summed E-state index contributed by atoms with van der Waals surface area (Å²) in [5.74, 6) is -0.202. The van der Waals surface area contributed by atoms with Gasteiger partial charge in [0, 0.05) is 23.5 Å². The first-order valence-electron chi connectivity index (χ1n) is 12.9. The van der Waals surface area contributed by atoms with Gasteiger partial charge in [0.15, 0.2) is 0 Å². The van der Waals surface area contributed by atoms with Crippen molar-refractivity contribution in [2.75, 3.05) is 23.3 Å². The van der Waals surface area contributed by atoms with Gasteiger partial charge in [0.05, 0.1) is 28.7 Å². The number of para-hydroxylation sites is 2. The van der Waals surface area contributed by atoms with Gasteiger partial charge in [-0.1, -0.05) is 55.3 Å². The zero-order chi connectivity index (χ0) is 27.4. The van der Waals surface area contributed by atoms with E-state index in [1.54, 1.807) is 34.1 Å². The van der Waals surface area contributed by atoms with Gasteiger partial charge in [0.25, 0.3) is 0 Å². The Kier molecular flexibility index (Phi) is 7.67. The lowest BCUT2D eigenvalue weighted by Crippen LogP contribution is -2.48.